The molecule has 0 atom stereocenters. The highest BCUT2D eigenvalue weighted by Crippen LogP contribution is 2.09. The molecule has 84 valence electrons. The zero-order valence-corrected chi connectivity index (χ0v) is 9.21. The number of carboxylic acids is 1. The first-order valence-electron chi connectivity index (χ1n) is 4.92. The number of aromatic nitrogens is 2. The minimum absolute atomic E-state index is 0.0713. The maximum atomic E-state index is 10.7. The van der Waals surface area contributed by atoms with Crippen LogP contribution in [0.5, 0.6) is 0 Å². The molecule has 0 unspecified atom stereocenters. The van der Waals surface area contributed by atoms with Crippen LogP contribution in [0, 0.1) is 0 Å². The Balaban J connectivity index is 2.41. The molecule has 0 fully saturated rings. The highest BCUT2D eigenvalue weighted by atomic mass is 16.4. The molecule has 0 aliphatic rings. The summed E-state index contributed by atoms with van der Waals surface area (Å²) in [7, 11) is 3.97. The Hall–Kier alpha value is -1.88. The van der Waals surface area contributed by atoms with Crippen LogP contribution >= 0.6 is 0 Å². The molecule has 0 bridgehead atoms. The van der Waals surface area contributed by atoms with Gasteiger partial charge in [0.15, 0.2) is 5.69 Å². The monoisotopic (exact) mass is 219 g/mol. The van der Waals surface area contributed by atoms with Gasteiger partial charge in [0.1, 0.15) is 5.65 Å². The van der Waals surface area contributed by atoms with E-state index in [1.54, 1.807) is 4.40 Å². The molecular weight excluding hydrogens is 206 g/mol. The molecule has 0 radical (unpaired) electrons. The van der Waals surface area contributed by atoms with Gasteiger partial charge in [-0.25, -0.2) is 9.78 Å². The van der Waals surface area contributed by atoms with Gasteiger partial charge in [0, 0.05) is 18.9 Å². The smallest absolute Gasteiger partial charge is 0.356 e. The predicted octanol–water partition coefficient (Wildman–Crippen LogP) is 1.09. The summed E-state index contributed by atoms with van der Waals surface area (Å²) in [5.41, 5.74) is 1.84. The van der Waals surface area contributed by atoms with E-state index in [0.717, 1.165) is 12.1 Å². The van der Waals surface area contributed by atoms with E-state index in [2.05, 4.69) is 9.88 Å². The summed E-state index contributed by atoms with van der Waals surface area (Å²) < 4.78 is 1.74. The van der Waals surface area contributed by atoms with E-state index in [9.17, 15) is 4.79 Å². The zero-order valence-electron chi connectivity index (χ0n) is 9.21. The molecule has 2 heterocycles. The first kappa shape index (κ1) is 10.6. The van der Waals surface area contributed by atoms with Crippen molar-refractivity contribution in [1.82, 2.24) is 14.3 Å². The average molecular weight is 219 g/mol. The molecular formula is C11H13N3O2. The van der Waals surface area contributed by atoms with Crippen molar-refractivity contribution in [2.24, 2.45) is 0 Å². The number of hydrogen-bond donors (Lipinski definition) is 1. The molecule has 0 spiro atoms. The molecule has 2 rings (SSSR count). The number of nitrogens with zero attached hydrogens (tertiary/aromatic N) is 3. The van der Waals surface area contributed by atoms with Gasteiger partial charge in [-0.2, -0.15) is 0 Å². The van der Waals surface area contributed by atoms with Crippen LogP contribution in [-0.4, -0.2) is 39.5 Å². The van der Waals surface area contributed by atoms with Crippen LogP contribution in [-0.2, 0) is 6.54 Å². The standard InChI is InChI=1S/C11H13N3O2/c1-13(2)5-8-3-4-10-12-9(11(15)16)7-14(10)6-8/h3-4,6-7H,5H2,1-2H3,(H,15,16). The van der Waals surface area contributed by atoms with Crippen LogP contribution in [0.4, 0.5) is 0 Å². The van der Waals surface area contributed by atoms with Gasteiger partial charge in [0.2, 0.25) is 0 Å². The highest BCUT2D eigenvalue weighted by Gasteiger charge is 2.08. The number of rotatable bonds is 3. The Kier molecular flexibility index (Phi) is 2.62. The maximum Gasteiger partial charge on any atom is 0.356 e. The molecule has 0 saturated carbocycles. The van der Waals surface area contributed by atoms with Gasteiger partial charge in [-0.3, -0.25) is 0 Å². The number of pyridine rings is 1. The Morgan fingerprint density at radius 1 is 1.44 bits per heavy atom. The molecule has 16 heavy (non-hydrogen) atoms. The minimum atomic E-state index is -1.00. The Bertz CT molecular complexity index is 531. The van der Waals surface area contributed by atoms with E-state index in [4.69, 9.17) is 5.11 Å². The quantitative estimate of drug-likeness (QED) is 0.839. The van der Waals surface area contributed by atoms with E-state index < -0.39 is 5.97 Å². The Labute approximate surface area is 92.9 Å². The molecule has 0 aliphatic carbocycles. The summed E-state index contributed by atoms with van der Waals surface area (Å²) in [6.45, 7) is 0.816. The molecule has 0 saturated heterocycles. The fourth-order valence-electron chi connectivity index (χ4n) is 1.60. The fraction of sp³-hybridized carbons (Fsp3) is 0.273. The van der Waals surface area contributed by atoms with Crippen LogP contribution in [0.2, 0.25) is 0 Å². The SMILES string of the molecule is CN(C)Cc1ccc2nc(C(=O)O)cn2c1. The molecule has 5 nitrogen and oxygen atoms in total. The summed E-state index contributed by atoms with van der Waals surface area (Å²) in [5.74, 6) is -1.00. The van der Waals surface area contributed by atoms with Gasteiger partial charge in [-0.05, 0) is 25.7 Å². The van der Waals surface area contributed by atoms with Crippen LogP contribution in [0.25, 0.3) is 5.65 Å². The second-order valence-electron chi connectivity index (χ2n) is 3.97. The molecule has 0 amide bonds. The summed E-state index contributed by atoms with van der Waals surface area (Å²) in [6, 6.07) is 3.78. The predicted molar refractivity (Wildman–Crippen MR) is 59.5 cm³/mol. The van der Waals surface area contributed by atoms with Crippen LogP contribution < -0.4 is 0 Å². The fourth-order valence-corrected chi connectivity index (χ4v) is 1.60. The van der Waals surface area contributed by atoms with Gasteiger partial charge >= 0.3 is 5.97 Å². The number of aromatic carboxylic acids is 1. The summed E-state index contributed by atoms with van der Waals surface area (Å²) in [5, 5.41) is 8.82. The molecule has 0 aliphatic heterocycles. The second kappa shape index (κ2) is 3.94. The van der Waals surface area contributed by atoms with Crippen LogP contribution in [0.3, 0.4) is 0 Å². The zero-order chi connectivity index (χ0) is 11.7. The summed E-state index contributed by atoms with van der Waals surface area (Å²) in [6.07, 6.45) is 3.42. The average Bonchev–Trinajstić information content (AvgIpc) is 2.59. The van der Waals surface area contributed by atoms with Gasteiger partial charge < -0.3 is 14.4 Å². The third kappa shape index (κ3) is 2.04. The van der Waals surface area contributed by atoms with Crippen molar-refractivity contribution < 1.29 is 9.90 Å². The molecule has 0 aromatic carbocycles. The number of hydrogen-bond acceptors (Lipinski definition) is 3. The first-order chi connectivity index (χ1) is 7.56. The van der Waals surface area contributed by atoms with E-state index >= 15 is 0 Å². The van der Waals surface area contributed by atoms with Gasteiger partial charge in [-0.1, -0.05) is 6.07 Å². The Morgan fingerprint density at radius 3 is 2.81 bits per heavy atom. The lowest BCUT2D eigenvalue weighted by Gasteiger charge is -2.09. The van der Waals surface area contributed by atoms with Crippen molar-refractivity contribution in [2.45, 2.75) is 6.54 Å². The van der Waals surface area contributed by atoms with Crippen LogP contribution in [0.15, 0.2) is 24.5 Å². The molecule has 2 aromatic heterocycles. The van der Waals surface area contributed by atoms with E-state index in [1.807, 2.05) is 32.4 Å². The first-order valence-corrected chi connectivity index (χ1v) is 4.92. The lowest BCUT2D eigenvalue weighted by Crippen LogP contribution is -2.10. The van der Waals surface area contributed by atoms with Gasteiger partial charge in [0.25, 0.3) is 0 Å². The Morgan fingerprint density at radius 2 is 2.19 bits per heavy atom. The van der Waals surface area contributed by atoms with E-state index in [-0.39, 0.29) is 5.69 Å². The van der Waals surface area contributed by atoms with Crippen molar-refractivity contribution in [1.29, 1.82) is 0 Å². The largest absolute Gasteiger partial charge is 0.476 e. The number of carbonyl (C=O) groups is 1. The molecule has 2 aromatic rings. The molecule has 5 heteroatoms. The maximum absolute atomic E-state index is 10.7. The van der Waals surface area contributed by atoms with Crippen molar-refractivity contribution in [2.75, 3.05) is 14.1 Å². The second-order valence-corrected chi connectivity index (χ2v) is 3.97. The summed E-state index contributed by atoms with van der Waals surface area (Å²) >= 11 is 0. The minimum Gasteiger partial charge on any atom is -0.476 e. The lowest BCUT2D eigenvalue weighted by atomic mass is 10.3. The van der Waals surface area contributed by atoms with Gasteiger partial charge in [-0.15, -0.1) is 0 Å². The lowest BCUT2D eigenvalue weighted by molar-refractivity contribution is 0.0691. The summed E-state index contributed by atoms with van der Waals surface area (Å²) in [4.78, 5) is 16.8. The number of imidazole rings is 1. The van der Waals surface area contributed by atoms with Crippen molar-refractivity contribution >= 4 is 11.6 Å². The normalized spacial score (nSPS) is 11.2. The number of carboxylic acid groups (broad SMARTS) is 1. The van der Waals surface area contributed by atoms with Gasteiger partial charge in [0.05, 0.1) is 0 Å². The van der Waals surface area contributed by atoms with Crippen molar-refractivity contribution in [3.63, 3.8) is 0 Å². The number of fused-ring (bicyclic) bond motifs is 1. The molecule has 1 N–H and O–H groups in total. The van der Waals surface area contributed by atoms with Crippen molar-refractivity contribution in [3.05, 3.63) is 35.8 Å². The third-order valence-corrected chi connectivity index (χ3v) is 2.23. The van der Waals surface area contributed by atoms with Crippen LogP contribution in [0.1, 0.15) is 16.1 Å². The van der Waals surface area contributed by atoms with E-state index in [0.29, 0.717) is 5.65 Å². The highest BCUT2D eigenvalue weighted by molar-refractivity contribution is 5.86. The van der Waals surface area contributed by atoms with Crippen molar-refractivity contribution in [3.8, 4) is 0 Å². The third-order valence-electron chi connectivity index (χ3n) is 2.23. The van der Waals surface area contributed by atoms with E-state index in [1.165, 1.54) is 6.20 Å². The topological polar surface area (TPSA) is 57.8 Å².